The quantitative estimate of drug-likeness (QED) is 0.367. The van der Waals surface area contributed by atoms with Crippen LogP contribution in [0.5, 0.6) is 17.2 Å². The molecule has 9 heteroatoms. The van der Waals surface area contributed by atoms with Gasteiger partial charge in [0.2, 0.25) is 0 Å². The molecule has 0 radical (unpaired) electrons. The Bertz CT molecular complexity index is 1260. The van der Waals surface area contributed by atoms with Crippen LogP contribution in [0.4, 0.5) is 10.5 Å². The number of nitrogens with zero attached hydrogens (tertiary/aromatic N) is 2. The Hall–Kier alpha value is -4.27. The molecule has 3 aromatic rings. The van der Waals surface area contributed by atoms with E-state index in [1.165, 1.54) is 19.2 Å². The molecule has 1 aliphatic rings. The summed E-state index contributed by atoms with van der Waals surface area (Å²) in [5.41, 5.74) is 3.46. The predicted molar refractivity (Wildman–Crippen MR) is 135 cm³/mol. The Balaban J connectivity index is 1.70. The molecule has 2 atom stereocenters. The Labute approximate surface area is 209 Å². The van der Waals surface area contributed by atoms with Gasteiger partial charge in [0.05, 0.1) is 38.3 Å². The van der Waals surface area contributed by atoms with Crippen LogP contribution in [-0.4, -0.2) is 43.7 Å². The van der Waals surface area contributed by atoms with E-state index in [-0.39, 0.29) is 17.8 Å². The number of hydrogen-bond donors (Lipinski definition) is 1. The van der Waals surface area contributed by atoms with Crippen molar-refractivity contribution in [3.05, 3.63) is 93.0 Å². The first kappa shape index (κ1) is 24.8. The molecule has 36 heavy (non-hydrogen) atoms. The number of carbonyl (C=O) groups is 1. The SMILES string of the molecule is COc1cc2c(cc1OC)[C@@H](c1ccccc1)N(C(=O)N[C@@H](C)c1cc([N+](=O)[O-])ccc1OC)CC2. The summed E-state index contributed by atoms with van der Waals surface area (Å²) < 4.78 is 16.4. The summed E-state index contributed by atoms with van der Waals surface area (Å²) in [6, 6.07) is 16.9. The molecule has 1 heterocycles. The van der Waals surface area contributed by atoms with E-state index in [2.05, 4.69) is 5.32 Å². The van der Waals surface area contributed by atoms with Crippen molar-refractivity contribution in [2.24, 2.45) is 0 Å². The fourth-order valence-electron chi connectivity index (χ4n) is 4.68. The van der Waals surface area contributed by atoms with Gasteiger partial charge in [-0.25, -0.2) is 4.79 Å². The number of fused-ring (bicyclic) bond motifs is 1. The first-order valence-electron chi connectivity index (χ1n) is 11.6. The molecule has 4 rings (SSSR count). The van der Waals surface area contributed by atoms with Crippen LogP contribution < -0.4 is 19.5 Å². The second-order valence-corrected chi connectivity index (χ2v) is 8.52. The number of carbonyl (C=O) groups excluding carboxylic acids is 1. The van der Waals surface area contributed by atoms with Gasteiger partial charge in [0.25, 0.3) is 5.69 Å². The molecule has 188 valence electrons. The van der Waals surface area contributed by atoms with Crippen LogP contribution in [-0.2, 0) is 6.42 Å². The number of nitro groups is 1. The molecule has 0 fully saturated rings. The van der Waals surface area contributed by atoms with Gasteiger partial charge in [0, 0.05) is 24.2 Å². The zero-order valence-corrected chi connectivity index (χ0v) is 20.7. The van der Waals surface area contributed by atoms with E-state index < -0.39 is 11.0 Å². The predicted octanol–water partition coefficient (Wildman–Crippen LogP) is 5.04. The molecular weight excluding hydrogens is 462 g/mol. The largest absolute Gasteiger partial charge is 0.496 e. The van der Waals surface area contributed by atoms with Gasteiger partial charge >= 0.3 is 6.03 Å². The van der Waals surface area contributed by atoms with Crippen molar-refractivity contribution in [3.63, 3.8) is 0 Å². The smallest absolute Gasteiger partial charge is 0.318 e. The summed E-state index contributed by atoms with van der Waals surface area (Å²) in [6.07, 6.45) is 0.640. The summed E-state index contributed by atoms with van der Waals surface area (Å²) >= 11 is 0. The molecule has 1 aliphatic heterocycles. The lowest BCUT2D eigenvalue weighted by molar-refractivity contribution is -0.385. The minimum Gasteiger partial charge on any atom is -0.496 e. The maximum atomic E-state index is 13.7. The Morgan fingerprint density at radius 2 is 1.67 bits per heavy atom. The Morgan fingerprint density at radius 1 is 1.00 bits per heavy atom. The fraction of sp³-hybridized carbons (Fsp3) is 0.296. The minimum atomic E-state index is -0.532. The molecule has 9 nitrogen and oxygen atoms in total. The van der Waals surface area contributed by atoms with Crippen molar-refractivity contribution in [3.8, 4) is 17.2 Å². The highest BCUT2D eigenvalue weighted by Crippen LogP contribution is 2.41. The standard InChI is InChI=1S/C27H29N3O6/c1-17(21-15-20(30(32)33)10-11-23(21)34-2)28-27(31)29-13-12-19-14-24(35-3)25(36-4)16-22(19)26(29)18-8-6-5-7-9-18/h5-11,14-17,26H,12-13H2,1-4H3,(H,28,31)/t17-,26+/m0/s1. The summed E-state index contributed by atoms with van der Waals surface area (Å²) in [7, 11) is 4.68. The molecule has 0 bridgehead atoms. The lowest BCUT2D eigenvalue weighted by Crippen LogP contribution is -2.46. The lowest BCUT2D eigenvalue weighted by atomic mass is 9.88. The van der Waals surface area contributed by atoms with Crippen LogP contribution in [0.25, 0.3) is 0 Å². The number of nitro benzene ring substituents is 1. The van der Waals surface area contributed by atoms with E-state index in [9.17, 15) is 14.9 Å². The first-order valence-corrected chi connectivity index (χ1v) is 11.6. The number of amides is 2. The van der Waals surface area contributed by atoms with Gasteiger partial charge < -0.3 is 24.4 Å². The van der Waals surface area contributed by atoms with Crippen molar-refractivity contribution < 1.29 is 23.9 Å². The number of nitrogens with one attached hydrogen (secondary N) is 1. The lowest BCUT2D eigenvalue weighted by Gasteiger charge is -2.38. The van der Waals surface area contributed by atoms with Crippen LogP contribution in [0.3, 0.4) is 0 Å². The van der Waals surface area contributed by atoms with Crippen LogP contribution in [0.1, 0.15) is 41.3 Å². The number of rotatable bonds is 7. The first-order chi connectivity index (χ1) is 17.4. The summed E-state index contributed by atoms with van der Waals surface area (Å²) in [5, 5.41) is 14.3. The number of urea groups is 1. The van der Waals surface area contributed by atoms with Gasteiger partial charge in [-0.2, -0.15) is 0 Å². The number of hydrogen-bond acceptors (Lipinski definition) is 6. The van der Waals surface area contributed by atoms with Crippen molar-refractivity contribution in [1.29, 1.82) is 0 Å². The minimum absolute atomic E-state index is 0.0676. The van der Waals surface area contributed by atoms with Crippen molar-refractivity contribution in [2.75, 3.05) is 27.9 Å². The molecule has 2 amide bonds. The van der Waals surface area contributed by atoms with Gasteiger partial charge in [-0.05, 0) is 48.2 Å². The molecule has 0 unspecified atom stereocenters. The normalized spacial score (nSPS) is 15.4. The Kier molecular flexibility index (Phi) is 7.28. The van der Waals surface area contributed by atoms with E-state index in [0.717, 1.165) is 16.7 Å². The number of non-ortho nitro benzene ring substituents is 1. The fourth-order valence-corrected chi connectivity index (χ4v) is 4.68. The molecule has 0 spiro atoms. The molecule has 0 aromatic heterocycles. The zero-order valence-electron chi connectivity index (χ0n) is 20.7. The second-order valence-electron chi connectivity index (χ2n) is 8.52. The molecule has 1 N–H and O–H groups in total. The maximum absolute atomic E-state index is 13.7. The topological polar surface area (TPSA) is 103 Å². The van der Waals surface area contributed by atoms with Crippen molar-refractivity contribution in [2.45, 2.75) is 25.4 Å². The van der Waals surface area contributed by atoms with Gasteiger partial charge in [-0.3, -0.25) is 10.1 Å². The summed E-state index contributed by atoms with van der Waals surface area (Å²) in [6.45, 7) is 2.26. The van der Waals surface area contributed by atoms with Gasteiger partial charge in [-0.1, -0.05) is 30.3 Å². The van der Waals surface area contributed by atoms with Crippen LogP contribution >= 0.6 is 0 Å². The van der Waals surface area contributed by atoms with E-state index in [4.69, 9.17) is 14.2 Å². The van der Waals surface area contributed by atoms with Gasteiger partial charge in [-0.15, -0.1) is 0 Å². The highest BCUT2D eigenvalue weighted by molar-refractivity contribution is 5.77. The van der Waals surface area contributed by atoms with Gasteiger partial charge in [0.1, 0.15) is 5.75 Å². The molecule has 0 saturated carbocycles. The summed E-state index contributed by atoms with van der Waals surface area (Å²) in [4.78, 5) is 26.3. The van der Waals surface area contributed by atoms with Crippen LogP contribution in [0, 0.1) is 10.1 Å². The van der Waals surface area contributed by atoms with E-state index in [1.54, 1.807) is 32.1 Å². The third-order valence-electron chi connectivity index (χ3n) is 6.48. The Morgan fingerprint density at radius 3 is 2.31 bits per heavy atom. The third kappa shape index (κ3) is 4.77. The highest BCUT2D eigenvalue weighted by Gasteiger charge is 2.34. The zero-order chi connectivity index (χ0) is 25.8. The average Bonchev–Trinajstić information content (AvgIpc) is 2.91. The van der Waals surface area contributed by atoms with Gasteiger partial charge in [0.15, 0.2) is 11.5 Å². The monoisotopic (exact) mass is 491 g/mol. The number of ether oxygens (including phenoxy) is 3. The number of methoxy groups -OCH3 is 3. The molecule has 0 aliphatic carbocycles. The van der Waals surface area contributed by atoms with Crippen LogP contribution in [0.2, 0.25) is 0 Å². The maximum Gasteiger partial charge on any atom is 0.318 e. The van der Waals surface area contributed by atoms with Crippen molar-refractivity contribution >= 4 is 11.7 Å². The van der Waals surface area contributed by atoms with E-state index >= 15 is 0 Å². The average molecular weight is 492 g/mol. The van der Waals surface area contributed by atoms with Crippen LogP contribution in [0.15, 0.2) is 60.7 Å². The third-order valence-corrected chi connectivity index (χ3v) is 6.48. The second kappa shape index (κ2) is 10.6. The van der Waals surface area contributed by atoms with Crippen molar-refractivity contribution in [1.82, 2.24) is 10.2 Å². The summed E-state index contributed by atoms with van der Waals surface area (Å²) in [5.74, 6) is 1.70. The molecular formula is C27H29N3O6. The highest BCUT2D eigenvalue weighted by atomic mass is 16.6. The van der Waals surface area contributed by atoms with E-state index in [0.29, 0.717) is 35.8 Å². The molecule has 0 saturated heterocycles. The van der Waals surface area contributed by atoms with E-state index in [1.807, 2.05) is 42.5 Å². The number of benzene rings is 3. The molecule has 3 aromatic carbocycles.